The third-order valence-corrected chi connectivity index (χ3v) is 4.19. The summed E-state index contributed by atoms with van der Waals surface area (Å²) in [4.78, 5) is 0. The fourth-order valence-corrected chi connectivity index (χ4v) is 2.98. The molecule has 0 N–H and O–H groups in total. The number of hydrogen-bond donors (Lipinski definition) is 0. The number of rotatable bonds is 4. The molecule has 0 bridgehead atoms. The fourth-order valence-electron chi connectivity index (χ4n) is 2.98. The Morgan fingerprint density at radius 1 is 1.06 bits per heavy atom. The van der Waals surface area contributed by atoms with Crippen LogP contribution in [0.15, 0.2) is 30.3 Å². The lowest BCUT2D eigenvalue weighted by Gasteiger charge is -2.27. The summed E-state index contributed by atoms with van der Waals surface area (Å²) in [5.41, 5.74) is 1.50. The van der Waals surface area contributed by atoms with E-state index in [0.717, 1.165) is 11.8 Å². The first-order valence-corrected chi connectivity index (χ1v) is 6.90. The van der Waals surface area contributed by atoms with E-state index in [9.17, 15) is 0 Å². The van der Waals surface area contributed by atoms with Gasteiger partial charge in [0.15, 0.2) is 0 Å². The van der Waals surface area contributed by atoms with E-state index in [2.05, 4.69) is 37.3 Å². The first-order valence-electron chi connectivity index (χ1n) is 6.90. The highest BCUT2D eigenvalue weighted by molar-refractivity contribution is 5.14. The maximum Gasteiger partial charge on any atom is -0.0276 e. The summed E-state index contributed by atoms with van der Waals surface area (Å²) in [6, 6.07) is 10.9. The zero-order valence-electron chi connectivity index (χ0n) is 10.5. The van der Waals surface area contributed by atoms with Gasteiger partial charge in [-0.2, -0.15) is 0 Å². The molecule has 1 unspecified atom stereocenters. The van der Waals surface area contributed by atoms with E-state index in [4.69, 9.17) is 0 Å². The van der Waals surface area contributed by atoms with Gasteiger partial charge in [0.2, 0.25) is 0 Å². The average molecular weight is 216 g/mol. The summed E-state index contributed by atoms with van der Waals surface area (Å²) >= 11 is 0. The van der Waals surface area contributed by atoms with Crippen LogP contribution >= 0.6 is 0 Å². The molecule has 1 aromatic carbocycles. The van der Waals surface area contributed by atoms with Gasteiger partial charge >= 0.3 is 0 Å². The van der Waals surface area contributed by atoms with Gasteiger partial charge in [-0.05, 0) is 30.2 Å². The Kier molecular flexibility index (Phi) is 4.44. The van der Waals surface area contributed by atoms with E-state index in [1.165, 1.54) is 50.5 Å². The Morgan fingerprint density at radius 3 is 2.44 bits per heavy atom. The molecule has 0 amide bonds. The number of benzene rings is 1. The molecular weight excluding hydrogens is 192 g/mol. The first-order chi connectivity index (χ1) is 7.86. The van der Waals surface area contributed by atoms with Crippen LogP contribution in [0.4, 0.5) is 0 Å². The smallest absolute Gasteiger partial charge is 0.0276 e. The van der Waals surface area contributed by atoms with Crippen LogP contribution in [0, 0.1) is 11.8 Å². The van der Waals surface area contributed by atoms with Gasteiger partial charge in [-0.25, -0.2) is 0 Å². The van der Waals surface area contributed by atoms with Gasteiger partial charge in [-0.1, -0.05) is 69.4 Å². The summed E-state index contributed by atoms with van der Waals surface area (Å²) in [5.74, 6) is 1.93. The third kappa shape index (κ3) is 3.37. The zero-order valence-corrected chi connectivity index (χ0v) is 10.5. The van der Waals surface area contributed by atoms with Crippen LogP contribution in [0.1, 0.15) is 51.0 Å². The summed E-state index contributed by atoms with van der Waals surface area (Å²) in [6.45, 7) is 2.46. The van der Waals surface area contributed by atoms with E-state index in [-0.39, 0.29) is 0 Å². The van der Waals surface area contributed by atoms with Gasteiger partial charge in [0.25, 0.3) is 0 Å². The second-order valence-electron chi connectivity index (χ2n) is 5.40. The molecular formula is C16H24. The lowest BCUT2D eigenvalue weighted by Crippen LogP contribution is -2.15. The van der Waals surface area contributed by atoms with Gasteiger partial charge in [0.1, 0.15) is 0 Å². The summed E-state index contributed by atoms with van der Waals surface area (Å²) < 4.78 is 0. The number of aryl methyl sites for hydroxylation is 1. The van der Waals surface area contributed by atoms with Crippen LogP contribution in [0.3, 0.4) is 0 Å². The van der Waals surface area contributed by atoms with Crippen molar-refractivity contribution in [2.45, 2.75) is 51.9 Å². The summed E-state index contributed by atoms with van der Waals surface area (Å²) in [5, 5.41) is 0. The van der Waals surface area contributed by atoms with Crippen molar-refractivity contribution in [3.8, 4) is 0 Å². The Bertz CT molecular complexity index is 282. The van der Waals surface area contributed by atoms with Crippen LogP contribution in [0.2, 0.25) is 0 Å². The minimum Gasteiger partial charge on any atom is -0.0622 e. The Labute approximate surface area is 100 Å². The van der Waals surface area contributed by atoms with Gasteiger partial charge < -0.3 is 0 Å². The van der Waals surface area contributed by atoms with Crippen LogP contribution in [-0.4, -0.2) is 0 Å². The summed E-state index contributed by atoms with van der Waals surface area (Å²) in [7, 11) is 0. The Morgan fingerprint density at radius 2 is 1.75 bits per heavy atom. The van der Waals surface area contributed by atoms with Crippen molar-refractivity contribution >= 4 is 0 Å². The number of hydrogen-bond acceptors (Lipinski definition) is 0. The monoisotopic (exact) mass is 216 g/mol. The molecule has 1 aliphatic carbocycles. The average Bonchev–Trinajstić information content (AvgIpc) is 2.38. The quantitative estimate of drug-likeness (QED) is 0.676. The predicted octanol–water partition coefficient (Wildman–Crippen LogP) is 4.84. The van der Waals surface area contributed by atoms with Crippen molar-refractivity contribution in [1.29, 1.82) is 0 Å². The molecule has 1 aromatic rings. The van der Waals surface area contributed by atoms with Gasteiger partial charge in [0, 0.05) is 0 Å². The molecule has 1 saturated carbocycles. The van der Waals surface area contributed by atoms with Gasteiger partial charge in [0.05, 0.1) is 0 Å². The minimum absolute atomic E-state index is 0.917. The maximum absolute atomic E-state index is 2.46. The second kappa shape index (κ2) is 6.08. The van der Waals surface area contributed by atoms with Crippen molar-refractivity contribution in [3.05, 3.63) is 35.9 Å². The Hall–Kier alpha value is -0.780. The molecule has 0 radical (unpaired) electrons. The van der Waals surface area contributed by atoms with E-state index in [0.29, 0.717) is 0 Å². The van der Waals surface area contributed by atoms with Crippen molar-refractivity contribution in [2.24, 2.45) is 11.8 Å². The molecule has 0 saturated heterocycles. The maximum atomic E-state index is 2.46. The predicted molar refractivity (Wildman–Crippen MR) is 70.5 cm³/mol. The van der Waals surface area contributed by atoms with E-state index < -0.39 is 0 Å². The molecule has 0 heteroatoms. The summed E-state index contributed by atoms with van der Waals surface area (Å²) in [6.07, 6.45) is 10.0. The van der Waals surface area contributed by atoms with Crippen LogP contribution in [-0.2, 0) is 6.42 Å². The van der Waals surface area contributed by atoms with E-state index in [1.54, 1.807) is 0 Å². The lowest BCUT2D eigenvalue weighted by molar-refractivity contribution is 0.252. The topological polar surface area (TPSA) is 0 Å². The van der Waals surface area contributed by atoms with Gasteiger partial charge in [-0.3, -0.25) is 0 Å². The van der Waals surface area contributed by atoms with Crippen LogP contribution < -0.4 is 0 Å². The molecule has 16 heavy (non-hydrogen) atoms. The van der Waals surface area contributed by atoms with Crippen LogP contribution in [0.5, 0.6) is 0 Å². The molecule has 88 valence electrons. The SMILES string of the molecule is CC(CCc1ccccc1)C1CCCCC1. The molecule has 1 fully saturated rings. The molecule has 1 aliphatic rings. The lowest BCUT2D eigenvalue weighted by atomic mass is 9.78. The normalized spacial score (nSPS) is 19.6. The first kappa shape index (κ1) is 11.7. The molecule has 0 aromatic heterocycles. The van der Waals surface area contributed by atoms with Crippen LogP contribution in [0.25, 0.3) is 0 Å². The molecule has 0 heterocycles. The highest BCUT2D eigenvalue weighted by atomic mass is 14.2. The highest BCUT2D eigenvalue weighted by Gasteiger charge is 2.19. The standard InChI is InChI=1S/C16H24/c1-14(16-10-6-3-7-11-16)12-13-15-8-4-2-5-9-15/h2,4-5,8-9,14,16H,3,6-7,10-13H2,1H3. The van der Waals surface area contributed by atoms with E-state index in [1.807, 2.05) is 0 Å². The Balaban J connectivity index is 1.76. The second-order valence-corrected chi connectivity index (χ2v) is 5.40. The molecule has 0 nitrogen and oxygen atoms in total. The van der Waals surface area contributed by atoms with Crippen molar-refractivity contribution in [1.82, 2.24) is 0 Å². The fraction of sp³-hybridized carbons (Fsp3) is 0.625. The zero-order chi connectivity index (χ0) is 11.2. The molecule has 1 atom stereocenters. The van der Waals surface area contributed by atoms with E-state index >= 15 is 0 Å². The van der Waals surface area contributed by atoms with Gasteiger partial charge in [-0.15, -0.1) is 0 Å². The molecule has 0 spiro atoms. The van der Waals surface area contributed by atoms with Crippen molar-refractivity contribution in [3.63, 3.8) is 0 Å². The minimum atomic E-state index is 0.917. The molecule has 2 rings (SSSR count). The molecule has 0 aliphatic heterocycles. The largest absolute Gasteiger partial charge is 0.0622 e. The van der Waals surface area contributed by atoms with Crippen molar-refractivity contribution < 1.29 is 0 Å². The third-order valence-electron chi connectivity index (χ3n) is 4.19. The highest BCUT2D eigenvalue weighted by Crippen LogP contribution is 2.32. The van der Waals surface area contributed by atoms with Crippen molar-refractivity contribution in [2.75, 3.05) is 0 Å².